The summed E-state index contributed by atoms with van der Waals surface area (Å²) in [5.74, 6) is 0.969. The minimum atomic E-state index is -3.31. The molecule has 1 amide bonds. The van der Waals surface area contributed by atoms with Gasteiger partial charge in [0.25, 0.3) is 5.91 Å². The largest absolute Gasteiger partial charge is 0.492 e. The van der Waals surface area contributed by atoms with E-state index in [1.54, 1.807) is 24.3 Å². The number of carbonyl (C=O) groups is 1. The quantitative estimate of drug-likeness (QED) is 0.660. The Bertz CT molecular complexity index is 849. The lowest BCUT2D eigenvalue weighted by molar-refractivity contribution is -0.123. The molecule has 2 aromatic rings. The fourth-order valence-corrected chi connectivity index (χ4v) is 2.64. The number of nitrogens with zero attached hydrogens (tertiary/aromatic N) is 1. The van der Waals surface area contributed by atoms with Crippen molar-refractivity contribution in [3.8, 4) is 11.5 Å². The first-order valence-electron chi connectivity index (χ1n) is 8.38. The molecule has 0 heterocycles. The van der Waals surface area contributed by atoms with Crippen molar-refractivity contribution in [2.75, 3.05) is 37.4 Å². The molecule has 8 heteroatoms. The molecule has 27 heavy (non-hydrogen) atoms. The lowest BCUT2D eigenvalue weighted by atomic mass is 10.2. The number of ether oxygens (including phenoxy) is 2. The van der Waals surface area contributed by atoms with E-state index in [1.807, 2.05) is 31.2 Å². The minimum absolute atomic E-state index is 0.133. The number of hydrogen-bond acceptors (Lipinski definition) is 5. The Hall–Kier alpha value is -2.74. The van der Waals surface area contributed by atoms with Gasteiger partial charge in [0.15, 0.2) is 6.61 Å². The monoisotopic (exact) mass is 392 g/mol. The van der Waals surface area contributed by atoms with Crippen molar-refractivity contribution < 1.29 is 22.7 Å². The van der Waals surface area contributed by atoms with E-state index in [-0.39, 0.29) is 12.5 Å². The van der Waals surface area contributed by atoms with Gasteiger partial charge in [0.2, 0.25) is 10.0 Å². The third-order valence-corrected chi connectivity index (χ3v) is 4.99. The molecule has 1 N–H and O–H groups in total. The van der Waals surface area contributed by atoms with Crippen LogP contribution in [0, 0.1) is 6.92 Å². The van der Waals surface area contributed by atoms with Gasteiger partial charge in [0.05, 0.1) is 18.5 Å². The van der Waals surface area contributed by atoms with Gasteiger partial charge in [-0.25, -0.2) is 8.42 Å². The second-order valence-corrected chi connectivity index (χ2v) is 8.04. The summed E-state index contributed by atoms with van der Waals surface area (Å²) in [6, 6.07) is 14.1. The van der Waals surface area contributed by atoms with Crippen LogP contribution in [-0.4, -0.2) is 47.4 Å². The average Bonchev–Trinajstić information content (AvgIpc) is 2.64. The zero-order chi connectivity index (χ0) is 19.9. The van der Waals surface area contributed by atoms with E-state index in [9.17, 15) is 13.2 Å². The molecule has 0 saturated carbocycles. The fraction of sp³-hybridized carbons (Fsp3) is 0.316. The molecule has 0 spiro atoms. The predicted octanol–water partition coefficient (Wildman–Crippen LogP) is 1.96. The molecule has 0 aliphatic heterocycles. The maximum absolute atomic E-state index is 11.8. The third kappa shape index (κ3) is 6.82. The summed E-state index contributed by atoms with van der Waals surface area (Å²) < 4.78 is 35.1. The van der Waals surface area contributed by atoms with Crippen molar-refractivity contribution in [2.24, 2.45) is 0 Å². The summed E-state index contributed by atoms with van der Waals surface area (Å²) in [6.45, 7) is 2.60. The van der Waals surface area contributed by atoms with Gasteiger partial charge in [-0.3, -0.25) is 9.10 Å². The van der Waals surface area contributed by atoms with Crippen LogP contribution in [0.2, 0.25) is 0 Å². The highest BCUT2D eigenvalue weighted by atomic mass is 32.2. The van der Waals surface area contributed by atoms with Crippen LogP contribution in [0.4, 0.5) is 5.69 Å². The Morgan fingerprint density at radius 1 is 1.00 bits per heavy atom. The van der Waals surface area contributed by atoms with E-state index in [2.05, 4.69) is 5.32 Å². The number of carbonyl (C=O) groups excluding carboxylic acids is 1. The topological polar surface area (TPSA) is 84.9 Å². The molecule has 0 radical (unpaired) electrons. The Labute approximate surface area is 160 Å². The zero-order valence-corrected chi connectivity index (χ0v) is 16.5. The summed E-state index contributed by atoms with van der Waals surface area (Å²) in [4.78, 5) is 11.8. The van der Waals surface area contributed by atoms with E-state index in [1.165, 1.54) is 7.05 Å². The Balaban J connectivity index is 1.70. The highest BCUT2D eigenvalue weighted by Gasteiger charge is 2.11. The summed E-state index contributed by atoms with van der Waals surface area (Å²) in [7, 11) is -1.84. The molecule has 0 aliphatic rings. The van der Waals surface area contributed by atoms with E-state index in [0.717, 1.165) is 21.9 Å². The first kappa shape index (κ1) is 20.6. The van der Waals surface area contributed by atoms with Crippen molar-refractivity contribution >= 4 is 21.6 Å². The second kappa shape index (κ2) is 9.27. The van der Waals surface area contributed by atoms with Gasteiger partial charge < -0.3 is 14.8 Å². The summed E-state index contributed by atoms with van der Waals surface area (Å²) in [6.07, 6.45) is 1.13. The van der Waals surface area contributed by atoms with E-state index < -0.39 is 10.0 Å². The summed E-state index contributed by atoms with van der Waals surface area (Å²) >= 11 is 0. The first-order valence-corrected chi connectivity index (χ1v) is 10.2. The van der Waals surface area contributed by atoms with Crippen molar-refractivity contribution in [1.29, 1.82) is 0 Å². The van der Waals surface area contributed by atoms with Gasteiger partial charge in [-0.2, -0.15) is 0 Å². The van der Waals surface area contributed by atoms with Gasteiger partial charge in [0.1, 0.15) is 18.1 Å². The lowest BCUT2D eigenvalue weighted by Crippen LogP contribution is -2.32. The molecule has 7 nitrogen and oxygen atoms in total. The van der Waals surface area contributed by atoms with E-state index in [0.29, 0.717) is 24.6 Å². The van der Waals surface area contributed by atoms with Crippen molar-refractivity contribution in [2.45, 2.75) is 6.92 Å². The van der Waals surface area contributed by atoms with Crippen LogP contribution < -0.4 is 19.1 Å². The molecule has 0 fully saturated rings. The molecule has 0 aliphatic carbocycles. The average molecular weight is 392 g/mol. The van der Waals surface area contributed by atoms with Crippen LogP contribution in [0.15, 0.2) is 48.5 Å². The van der Waals surface area contributed by atoms with Crippen LogP contribution in [-0.2, 0) is 14.8 Å². The SMILES string of the molecule is Cc1ccc(OCCNC(=O)COc2ccc(N(C)S(C)(=O)=O)cc2)cc1. The first-order chi connectivity index (χ1) is 12.8. The summed E-state index contributed by atoms with van der Waals surface area (Å²) in [5, 5.41) is 2.71. The van der Waals surface area contributed by atoms with E-state index in [4.69, 9.17) is 9.47 Å². The Kier molecular flexibility index (Phi) is 7.06. The highest BCUT2D eigenvalue weighted by Crippen LogP contribution is 2.20. The number of nitrogens with one attached hydrogen (secondary N) is 1. The molecule has 0 unspecified atom stereocenters. The molecule has 146 valence electrons. The van der Waals surface area contributed by atoms with Crippen LogP contribution in [0.1, 0.15) is 5.56 Å². The number of sulfonamides is 1. The molecule has 0 saturated heterocycles. The number of rotatable bonds is 9. The second-order valence-electron chi connectivity index (χ2n) is 6.02. The van der Waals surface area contributed by atoms with Crippen LogP contribution in [0.5, 0.6) is 11.5 Å². The minimum Gasteiger partial charge on any atom is -0.492 e. The molecular formula is C19H24N2O5S. The standard InChI is InChI=1S/C19H24N2O5S/c1-15-4-8-17(9-5-15)25-13-12-20-19(22)14-26-18-10-6-16(7-11-18)21(2)27(3,23)24/h4-11H,12-14H2,1-3H3,(H,20,22). The molecular weight excluding hydrogens is 368 g/mol. The van der Waals surface area contributed by atoms with Crippen molar-refractivity contribution in [3.63, 3.8) is 0 Å². The molecule has 2 rings (SSSR count). The Morgan fingerprint density at radius 3 is 2.15 bits per heavy atom. The zero-order valence-electron chi connectivity index (χ0n) is 15.6. The van der Waals surface area contributed by atoms with Crippen molar-refractivity contribution in [1.82, 2.24) is 5.32 Å². The van der Waals surface area contributed by atoms with Crippen LogP contribution in [0.3, 0.4) is 0 Å². The summed E-state index contributed by atoms with van der Waals surface area (Å²) in [5.41, 5.74) is 1.67. The van der Waals surface area contributed by atoms with Crippen LogP contribution >= 0.6 is 0 Å². The van der Waals surface area contributed by atoms with Gasteiger partial charge in [-0.05, 0) is 43.3 Å². The molecule has 0 aromatic heterocycles. The number of amides is 1. The molecule has 2 aromatic carbocycles. The van der Waals surface area contributed by atoms with Crippen LogP contribution in [0.25, 0.3) is 0 Å². The van der Waals surface area contributed by atoms with E-state index >= 15 is 0 Å². The van der Waals surface area contributed by atoms with Gasteiger partial charge >= 0.3 is 0 Å². The maximum atomic E-state index is 11.8. The smallest absolute Gasteiger partial charge is 0.258 e. The lowest BCUT2D eigenvalue weighted by Gasteiger charge is -2.16. The fourth-order valence-electron chi connectivity index (χ4n) is 2.14. The van der Waals surface area contributed by atoms with Gasteiger partial charge in [-0.15, -0.1) is 0 Å². The Morgan fingerprint density at radius 2 is 1.56 bits per heavy atom. The number of anilines is 1. The highest BCUT2D eigenvalue weighted by molar-refractivity contribution is 7.92. The molecule has 0 atom stereocenters. The predicted molar refractivity (Wildman–Crippen MR) is 105 cm³/mol. The van der Waals surface area contributed by atoms with Gasteiger partial charge in [-0.1, -0.05) is 17.7 Å². The maximum Gasteiger partial charge on any atom is 0.258 e. The third-order valence-electron chi connectivity index (χ3n) is 3.78. The normalized spacial score (nSPS) is 10.9. The molecule has 0 bridgehead atoms. The van der Waals surface area contributed by atoms with Gasteiger partial charge in [0, 0.05) is 7.05 Å². The van der Waals surface area contributed by atoms with Crippen molar-refractivity contribution in [3.05, 3.63) is 54.1 Å². The number of aryl methyl sites for hydroxylation is 1. The number of hydrogen-bond donors (Lipinski definition) is 1. The number of benzene rings is 2.